The van der Waals surface area contributed by atoms with E-state index < -0.39 is 30.1 Å². The Balaban J connectivity index is 1.31. The van der Waals surface area contributed by atoms with Crippen molar-refractivity contribution in [1.29, 1.82) is 0 Å². The summed E-state index contributed by atoms with van der Waals surface area (Å²) in [6, 6.07) is 10.1. The molecule has 5 heterocycles. The lowest BCUT2D eigenvalue weighted by Gasteiger charge is -2.18. The van der Waals surface area contributed by atoms with Crippen LogP contribution in [0.15, 0.2) is 53.5 Å². The topological polar surface area (TPSA) is 120 Å². The summed E-state index contributed by atoms with van der Waals surface area (Å²) >= 11 is 6.26. The second-order valence-electron chi connectivity index (χ2n) is 9.74. The Morgan fingerprint density at radius 2 is 1.88 bits per heavy atom. The van der Waals surface area contributed by atoms with Crippen LogP contribution in [0, 0.1) is 17.8 Å². The molecule has 202 valence electrons. The maximum absolute atomic E-state index is 14.9. The van der Waals surface area contributed by atoms with Gasteiger partial charge in [0.25, 0.3) is 12.0 Å². The zero-order valence-electron chi connectivity index (χ0n) is 20.2. The molecule has 5 aromatic rings. The van der Waals surface area contributed by atoms with Crippen LogP contribution < -0.4 is 11.3 Å². The predicted octanol–water partition coefficient (Wildman–Crippen LogP) is 5.04. The van der Waals surface area contributed by atoms with Gasteiger partial charge in [-0.25, -0.2) is 23.4 Å². The van der Waals surface area contributed by atoms with Crippen LogP contribution >= 0.6 is 11.6 Å². The first-order valence-electron chi connectivity index (χ1n) is 12.1. The van der Waals surface area contributed by atoms with Gasteiger partial charge in [0.05, 0.1) is 23.5 Å². The number of anilines is 1. The third-order valence-corrected chi connectivity index (χ3v) is 7.59. The summed E-state index contributed by atoms with van der Waals surface area (Å²) in [4.78, 5) is 23.9. The van der Waals surface area contributed by atoms with Crippen molar-refractivity contribution >= 4 is 17.4 Å². The number of rotatable bonds is 5. The standard InChI is InChI=1S/C26H17ClF4N8O/c27-11-1-3-17(38-9-16(23(28)29)36-37-38)13(7-11)10-5-18-14-8-15(14)22(39(18)20(40)6-10)26-34-21(25(31)35-26)12-2-4-19(32)33-24(12)30/h1-7,9,14-15,22-23H,8H2,(H2,32,33)(H,34,35)/t14-,15+,22+/m1/s1. The van der Waals surface area contributed by atoms with Crippen LogP contribution in [0.25, 0.3) is 28.1 Å². The highest BCUT2D eigenvalue weighted by Crippen LogP contribution is 2.60. The van der Waals surface area contributed by atoms with Gasteiger partial charge >= 0.3 is 0 Å². The van der Waals surface area contributed by atoms with Crippen molar-refractivity contribution in [3.05, 3.63) is 93.1 Å². The number of aromatic nitrogens is 7. The zero-order chi connectivity index (χ0) is 27.9. The number of hydrogen-bond acceptors (Lipinski definition) is 6. The first-order valence-corrected chi connectivity index (χ1v) is 12.5. The van der Waals surface area contributed by atoms with Gasteiger partial charge < -0.3 is 15.3 Å². The molecular formula is C26H17ClF4N8O. The summed E-state index contributed by atoms with van der Waals surface area (Å²) in [6.07, 6.45) is -0.933. The second kappa shape index (κ2) is 8.74. The number of nitrogen functional groups attached to an aromatic ring is 1. The van der Waals surface area contributed by atoms with Crippen LogP contribution in [0.5, 0.6) is 0 Å². The number of alkyl halides is 2. The molecule has 0 unspecified atom stereocenters. The van der Waals surface area contributed by atoms with Gasteiger partial charge in [0.2, 0.25) is 11.9 Å². The molecule has 2 aliphatic rings. The quantitative estimate of drug-likeness (QED) is 0.226. The van der Waals surface area contributed by atoms with Crippen LogP contribution in [0.3, 0.4) is 0 Å². The molecule has 1 aliphatic heterocycles. The minimum atomic E-state index is -2.79. The molecule has 1 fully saturated rings. The molecule has 0 amide bonds. The van der Waals surface area contributed by atoms with Crippen LogP contribution in [-0.2, 0) is 0 Å². The Morgan fingerprint density at radius 3 is 2.62 bits per heavy atom. The molecule has 40 heavy (non-hydrogen) atoms. The smallest absolute Gasteiger partial charge is 0.283 e. The van der Waals surface area contributed by atoms with E-state index in [9.17, 15) is 22.4 Å². The molecule has 0 radical (unpaired) electrons. The average molecular weight is 569 g/mol. The maximum atomic E-state index is 14.9. The minimum Gasteiger partial charge on any atom is -0.384 e. The summed E-state index contributed by atoms with van der Waals surface area (Å²) in [5.74, 6) is -1.72. The Morgan fingerprint density at radius 1 is 1.05 bits per heavy atom. The Bertz CT molecular complexity index is 1880. The summed E-state index contributed by atoms with van der Waals surface area (Å²) in [5.41, 5.74) is 6.46. The number of pyridine rings is 2. The number of nitrogens with zero attached hydrogens (tertiary/aromatic N) is 6. The van der Waals surface area contributed by atoms with Crippen molar-refractivity contribution in [1.82, 2.24) is 34.5 Å². The molecule has 7 rings (SSSR count). The number of nitrogens with two attached hydrogens (primary N) is 1. The lowest BCUT2D eigenvalue weighted by atomic mass is 10.0. The van der Waals surface area contributed by atoms with Gasteiger partial charge in [0.15, 0.2) is 0 Å². The molecule has 1 saturated carbocycles. The monoisotopic (exact) mass is 568 g/mol. The molecule has 1 aromatic carbocycles. The van der Waals surface area contributed by atoms with Crippen molar-refractivity contribution < 1.29 is 17.6 Å². The van der Waals surface area contributed by atoms with E-state index in [2.05, 4.69) is 25.3 Å². The van der Waals surface area contributed by atoms with Gasteiger partial charge in [-0.1, -0.05) is 16.8 Å². The van der Waals surface area contributed by atoms with Gasteiger partial charge in [-0.05, 0) is 54.3 Å². The normalized spacial score (nSPS) is 19.2. The van der Waals surface area contributed by atoms with Gasteiger partial charge in [0, 0.05) is 28.3 Å². The number of imidazole rings is 1. The van der Waals surface area contributed by atoms with Gasteiger partial charge in [-0.2, -0.15) is 8.78 Å². The fourth-order valence-electron chi connectivity index (χ4n) is 5.52. The van der Waals surface area contributed by atoms with E-state index in [1.165, 1.54) is 22.9 Å². The van der Waals surface area contributed by atoms with Gasteiger partial charge in [0.1, 0.15) is 23.0 Å². The number of halogens is 5. The second-order valence-corrected chi connectivity index (χ2v) is 10.2. The third kappa shape index (κ3) is 3.79. The number of aromatic amines is 1. The van der Waals surface area contributed by atoms with Crippen molar-refractivity contribution in [2.24, 2.45) is 5.92 Å². The third-order valence-electron chi connectivity index (χ3n) is 7.35. The zero-order valence-corrected chi connectivity index (χ0v) is 20.9. The van der Waals surface area contributed by atoms with Crippen LogP contribution in [0.4, 0.5) is 23.4 Å². The van der Waals surface area contributed by atoms with Gasteiger partial charge in [-0.15, -0.1) is 5.10 Å². The molecule has 3 N–H and O–H groups in total. The van der Waals surface area contributed by atoms with Crippen LogP contribution in [-0.4, -0.2) is 34.5 Å². The lowest BCUT2D eigenvalue weighted by molar-refractivity contribution is 0.146. The SMILES string of the molecule is Nc1ccc(-c2[nH]c([C@@H]3[C@H]4C[C@H]4c4cc(-c5cc(Cl)ccc5-n5cc(C(F)F)nn5)cc(=O)n43)nc2F)c(F)n1. The van der Waals surface area contributed by atoms with E-state index in [1.54, 1.807) is 22.8 Å². The summed E-state index contributed by atoms with van der Waals surface area (Å²) in [7, 11) is 0. The highest BCUT2D eigenvalue weighted by atomic mass is 35.5. The number of nitrogens with one attached hydrogen (secondary N) is 1. The molecular weight excluding hydrogens is 552 g/mol. The summed E-state index contributed by atoms with van der Waals surface area (Å²) < 4.78 is 58.3. The Hall–Kier alpha value is -4.52. The highest BCUT2D eigenvalue weighted by molar-refractivity contribution is 6.31. The summed E-state index contributed by atoms with van der Waals surface area (Å²) in [5, 5.41) is 7.70. The molecule has 9 nitrogen and oxygen atoms in total. The molecule has 4 aromatic heterocycles. The van der Waals surface area contributed by atoms with Gasteiger partial charge in [-0.3, -0.25) is 4.79 Å². The largest absolute Gasteiger partial charge is 0.384 e. The number of benzene rings is 1. The molecule has 0 bridgehead atoms. The molecule has 14 heteroatoms. The van der Waals surface area contributed by atoms with Crippen molar-refractivity contribution in [3.8, 4) is 28.1 Å². The van der Waals surface area contributed by atoms with Crippen LogP contribution in [0.2, 0.25) is 5.02 Å². The molecule has 3 atom stereocenters. The first kappa shape index (κ1) is 24.5. The molecule has 0 saturated heterocycles. The van der Waals surface area contributed by atoms with Crippen molar-refractivity contribution in [2.75, 3.05) is 5.73 Å². The molecule has 0 spiro atoms. The number of hydrogen-bond donors (Lipinski definition) is 2. The fraction of sp³-hybridized carbons (Fsp3) is 0.192. The van der Waals surface area contributed by atoms with E-state index in [-0.39, 0.29) is 40.3 Å². The highest BCUT2D eigenvalue weighted by Gasteiger charge is 2.54. The van der Waals surface area contributed by atoms with E-state index in [0.29, 0.717) is 27.5 Å². The van der Waals surface area contributed by atoms with E-state index in [1.807, 2.05) is 6.07 Å². The van der Waals surface area contributed by atoms with Crippen molar-refractivity contribution in [2.45, 2.75) is 24.8 Å². The van der Waals surface area contributed by atoms with E-state index in [4.69, 9.17) is 17.3 Å². The summed E-state index contributed by atoms with van der Waals surface area (Å²) in [6.45, 7) is 0. The van der Waals surface area contributed by atoms with E-state index >= 15 is 0 Å². The number of H-pyrrole nitrogens is 1. The Kier molecular flexibility index (Phi) is 5.36. The average Bonchev–Trinajstić information content (AvgIpc) is 3.21. The van der Waals surface area contributed by atoms with E-state index in [0.717, 1.165) is 12.6 Å². The number of fused-ring (bicyclic) bond motifs is 3. The molecule has 1 aliphatic carbocycles. The van der Waals surface area contributed by atoms with Crippen LogP contribution in [0.1, 0.15) is 42.0 Å². The predicted molar refractivity (Wildman–Crippen MR) is 136 cm³/mol. The lowest BCUT2D eigenvalue weighted by Crippen LogP contribution is -2.26. The first-order chi connectivity index (χ1) is 19.2. The minimum absolute atomic E-state index is 0.0153. The fourth-order valence-corrected chi connectivity index (χ4v) is 5.69. The van der Waals surface area contributed by atoms with Crippen molar-refractivity contribution in [3.63, 3.8) is 0 Å². The Labute approximate surface area is 227 Å². The maximum Gasteiger partial charge on any atom is 0.283 e.